The predicted octanol–water partition coefficient (Wildman–Crippen LogP) is 6.30. The minimum absolute atomic E-state index is 0.359. The van der Waals surface area contributed by atoms with Crippen LogP contribution in [-0.2, 0) is 23.9 Å². The van der Waals surface area contributed by atoms with Gasteiger partial charge in [0.2, 0.25) is 0 Å². The number of aliphatic carboxylic acids is 2. The van der Waals surface area contributed by atoms with Crippen molar-refractivity contribution in [3.8, 4) is 0 Å². The zero-order valence-electron chi connectivity index (χ0n) is 20.0. The van der Waals surface area contributed by atoms with Gasteiger partial charge in [-0.15, -0.1) is 0 Å². The molecule has 0 saturated heterocycles. The molecule has 0 aromatic heterocycles. The van der Waals surface area contributed by atoms with E-state index in [2.05, 4.69) is 23.8 Å². The molecule has 7 heteroatoms. The number of ether oxygens (including phenoxy) is 1. The Morgan fingerprint density at radius 3 is 1.39 bits per heavy atom. The van der Waals surface area contributed by atoms with Crippen LogP contribution in [0.15, 0.2) is 12.2 Å². The molecule has 31 heavy (non-hydrogen) atoms. The van der Waals surface area contributed by atoms with Crippen LogP contribution in [0.3, 0.4) is 0 Å². The number of carboxylic acids is 2. The monoisotopic (exact) mass is 444 g/mol. The molecule has 0 atom stereocenters. The van der Waals surface area contributed by atoms with Gasteiger partial charge < -0.3 is 14.9 Å². The highest BCUT2D eigenvalue weighted by molar-refractivity contribution is 5.83. The molecule has 0 fully saturated rings. The second-order valence-electron chi connectivity index (χ2n) is 7.34. The molecule has 0 heterocycles. The van der Waals surface area contributed by atoms with Crippen molar-refractivity contribution in [1.82, 2.24) is 0 Å². The average Bonchev–Trinajstić information content (AvgIpc) is 2.63. The van der Waals surface area contributed by atoms with Crippen LogP contribution in [0, 0.1) is 0 Å². The van der Waals surface area contributed by atoms with Gasteiger partial charge in [0, 0.05) is 27.2 Å². The molecule has 0 radical (unpaired) electrons. The van der Waals surface area contributed by atoms with E-state index in [0.29, 0.717) is 6.42 Å². The predicted molar refractivity (Wildman–Crippen MR) is 123 cm³/mol. The van der Waals surface area contributed by atoms with Crippen LogP contribution < -0.4 is 0 Å². The minimum Gasteiger partial charge on any atom is -0.481 e. The molecule has 0 saturated carbocycles. The third kappa shape index (κ3) is 52.4. The highest BCUT2D eigenvalue weighted by atomic mass is 16.6. The number of carbonyl (C=O) groups is 4. The van der Waals surface area contributed by atoms with Gasteiger partial charge in [0.05, 0.1) is 0 Å². The number of carboxylic acid groups (broad SMARTS) is 2. The van der Waals surface area contributed by atoms with Gasteiger partial charge in [0.25, 0.3) is 11.9 Å². The molecule has 0 rings (SSSR count). The summed E-state index contributed by atoms with van der Waals surface area (Å²) in [6.45, 7) is 5.68. The molecule has 0 unspecified atom stereocenters. The molecule has 0 aliphatic rings. The second-order valence-corrected chi connectivity index (χ2v) is 7.34. The number of unbranched alkanes of at least 4 members (excludes halogenated alkanes) is 11. The normalized spacial score (nSPS) is 9.81. The van der Waals surface area contributed by atoms with Gasteiger partial charge in [0.1, 0.15) is 0 Å². The topological polar surface area (TPSA) is 118 Å². The average molecular weight is 445 g/mol. The van der Waals surface area contributed by atoms with Gasteiger partial charge in [-0.1, -0.05) is 70.4 Å². The molecule has 0 amide bonds. The van der Waals surface area contributed by atoms with Gasteiger partial charge >= 0.3 is 11.9 Å². The maximum absolute atomic E-state index is 11.1. The van der Waals surface area contributed by atoms with Crippen molar-refractivity contribution in [3.05, 3.63) is 12.2 Å². The number of hydrogen-bond donors (Lipinski definition) is 2. The van der Waals surface area contributed by atoms with Crippen molar-refractivity contribution in [2.45, 2.75) is 118 Å². The molecule has 2 N–H and O–H groups in total. The maximum atomic E-state index is 11.1. The largest absolute Gasteiger partial charge is 0.481 e. The van der Waals surface area contributed by atoms with Crippen LogP contribution >= 0.6 is 0 Å². The zero-order chi connectivity index (χ0) is 24.3. The Bertz CT molecular complexity index is 464. The molecular formula is C24H44O7. The van der Waals surface area contributed by atoms with Gasteiger partial charge in [-0.3, -0.25) is 19.2 Å². The van der Waals surface area contributed by atoms with Crippen LogP contribution in [0.4, 0.5) is 0 Å². The zero-order valence-corrected chi connectivity index (χ0v) is 20.0. The molecule has 7 nitrogen and oxygen atoms in total. The quantitative estimate of drug-likeness (QED) is 0.132. The molecule has 0 bridgehead atoms. The summed E-state index contributed by atoms with van der Waals surface area (Å²) in [6.07, 6.45) is 21.0. The summed E-state index contributed by atoms with van der Waals surface area (Å²) in [4.78, 5) is 39.7. The van der Waals surface area contributed by atoms with E-state index in [1.54, 1.807) is 0 Å². The van der Waals surface area contributed by atoms with Gasteiger partial charge in [-0.25, -0.2) is 0 Å². The smallest absolute Gasteiger partial charge is 0.313 e. The Hall–Kier alpha value is -2.18. The van der Waals surface area contributed by atoms with Crippen molar-refractivity contribution in [1.29, 1.82) is 0 Å². The minimum atomic E-state index is -0.833. The Kier molecular flexibility index (Phi) is 30.0. The van der Waals surface area contributed by atoms with Crippen molar-refractivity contribution in [3.63, 3.8) is 0 Å². The van der Waals surface area contributed by atoms with E-state index >= 15 is 0 Å². The fourth-order valence-electron chi connectivity index (χ4n) is 2.55. The summed E-state index contributed by atoms with van der Waals surface area (Å²) in [5.41, 5.74) is 0. The van der Waals surface area contributed by atoms with E-state index in [-0.39, 0.29) is 0 Å². The van der Waals surface area contributed by atoms with Crippen LogP contribution in [0.2, 0.25) is 0 Å². The summed E-state index contributed by atoms with van der Waals surface area (Å²) in [6, 6.07) is 0. The lowest BCUT2D eigenvalue weighted by Gasteiger charge is -2.01. The van der Waals surface area contributed by atoms with E-state index in [4.69, 9.17) is 19.8 Å². The molecule has 182 valence electrons. The second kappa shape index (κ2) is 27.8. The Morgan fingerprint density at radius 1 is 0.645 bits per heavy atom. The molecular weight excluding hydrogens is 400 g/mol. The molecule has 0 aromatic carbocycles. The van der Waals surface area contributed by atoms with E-state index in [1.165, 1.54) is 71.1 Å². The highest BCUT2D eigenvalue weighted by Gasteiger charge is 2.04. The first-order chi connectivity index (χ1) is 14.6. The number of allylic oxidation sites excluding steroid dienone is 2. The summed E-state index contributed by atoms with van der Waals surface area (Å²) < 4.78 is 4.48. The van der Waals surface area contributed by atoms with Crippen molar-refractivity contribution in [2.75, 3.05) is 0 Å². The third-order valence-corrected chi connectivity index (χ3v) is 3.90. The van der Waals surface area contributed by atoms with Crippen molar-refractivity contribution in [2.24, 2.45) is 0 Å². The van der Waals surface area contributed by atoms with Crippen molar-refractivity contribution < 1.29 is 34.1 Å². The number of esters is 2. The SMILES string of the molecule is CC(=O)O.CC(=O)O.CCCCCCCC/C=C\CCCCCCCC(=O)OC(C)=O. The Labute approximate surface area is 188 Å². The molecule has 0 spiro atoms. The van der Waals surface area contributed by atoms with Crippen LogP contribution in [0.1, 0.15) is 118 Å². The maximum Gasteiger partial charge on any atom is 0.313 e. The van der Waals surface area contributed by atoms with Crippen molar-refractivity contribution >= 4 is 23.9 Å². The summed E-state index contributed by atoms with van der Waals surface area (Å²) in [5, 5.41) is 14.8. The number of hydrogen-bond acceptors (Lipinski definition) is 5. The third-order valence-electron chi connectivity index (χ3n) is 3.90. The van der Waals surface area contributed by atoms with Gasteiger partial charge in [0.15, 0.2) is 0 Å². The molecule has 0 aliphatic heterocycles. The molecule has 0 aromatic rings. The fourth-order valence-corrected chi connectivity index (χ4v) is 2.55. The molecule has 0 aliphatic carbocycles. The standard InChI is InChI=1S/C20H36O3.2C2H4O2/c1-3-4-5-6-7-8-9-10-11-12-13-14-15-16-17-18-20(22)23-19(2)21;2*1-2(3)4/h10-11H,3-9,12-18H2,1-2H3;2*1H3,(H,3,4)/b11-10-;;. The van der Waals surface area contributed by atoms with E-state index in [1.807, 2.05) is 0 Å². The lowest BCUT2D eigenvalue weighted by atomic mass is 10.1. The first kappa shape index (κ1) is 33.5. The summed E-state index contributed by atoms with van der Waals surface area (Å²) in [7, 11) is 0. The summed E-state index contributed by atoms with van der Waals surface area (Å²) >= 11 is 0. The Balaban J connectivity index is -0.000000832. The first-order valence-electron chi connectivity index (χ1n) is 11.4. The lowest BCUT2D eigenvalue weighted by molar-refractivity contribution is -0.158. The summed E-state index contributed by atoms with van der Waals surface area (Å²) in [5.74, 6) is -2.57. The first-order valence-corrected chi connectivity index (χ1v) is 11.4. The highest BCUT2D eigenvalue weighted by Crippen LogP contribution is 2.10. The lowest BCUT2D eigenvalue weighted by Crippen LogP contribution is -2.08. The number of rotatable bonds is 15. The van der Waals surface area contributed by atoms with Gasteiger partial charge in [-0.2, -0.15) is 0 Å². The van der Waals surface area contributed by atoms with Gasteiger partial charge in [-0.05, 0) is 32.1 Å². The van der Waals surface area contributed by atoms with E-state index in [0.717, 1.165) is 33.1 Å². The van der Waals surface area contributed by atoms with E-state index in [9.17, 15) is 9.59 Å². The van der Waals surface area contributed by atoms with Crippen LogP contribution in [0.5, 0.6) is 0 Å². The van der Waals surface area contributed by atoms with Crippen LogP contribution in [-0.4, -0.2) is 34.1 Å². The van der Waals surface area contributed by atoms with E-state index < -0.39 is 23.9 Å². The number of carbonyl (C=O) groups excluding carboxylic acids is 2. The fraction of sp³-hybridized carbons (Fsp3) is 0.750. The Morgan fingerprint density at radius 2 is 1.00 bits per heavy atom. The van der Waals surface area contributed by atoms with Crippen LogP contribution in [0.25, 0.3) is 0 Å².